The molecule has 0 aliphatic rings. The molecule has 4 nitrogen and oxygen atoms in total. The Morgan fingerprint density at radius 2 is 2.25 bits per heavy atom. The molecule has 1 heterocycles. The molecule has 0 amide bonds. The van der Waals surface area contributed by atoms with Crippen molar-refractivity contribution in [3.05, 3.63) is 41.5 Å². The van der Waals surface area contributed by atoms with Crippen molar-refractivity contribution in [1.29, 1.82) is 0 Å². The van der Waals surface area contributed by atoms with Gasteiger partial charge in [-0.1, -0.05) is 23.6 Å². The second-order valence-electron chi connectivity index (χ2n) is 4.08. The summed E-state index contributed by atoms with van der Waals surface area (Å²) in [7, 11) is 1.81. The van der Waals surface area contributed by atoms with Crippen LogP contribution in [0.3, 0.4) is 0 Å². The van der Waals surface area contributed by atoms with Gasteiger partial charge in [0.15, 0.2) is 5.16 Å². The van der Waals surface area contributed by atoms with Crippen molar-refractivity contribution < 1.29 is 9.50 Å². The van der Waals surface area contributed by atoms with Crippen molar-refractivity contribution in [1.82, 2.24) is 14.8 Å². The maximum absolute atomic E-state index is 13.5. The molecule has 0 unspecified atom stereocenters. The van der Waals surface area contributed by atoms with E-state index in [0.717, 1.165) is 10.7 Å². The van der Waals surface area contributed by atoms with Crippen LogP contribution in [0.25, 0.3) is 0 Å². The highest BCUT2D eigenvalue weighted by Crippen LogP contribution is 2.21. The van der Waals surface area contributed by atoms with E-state index in [0.29, 0.717) is 17.7 Å². The molecule has 0 radical (unpaired) electrons. The minimum atomic E-state index is -0.311. The molecule has 6 heteroatoms. The molecular formula is C14H14FN3OS. The summed E-state index contributed by atoms with van der Waals surface area (Å²) < 4.78 is 15.2. The Bertz CT molecular complexity index is 645. The Kier molecular flexibility index (Phi) is 5.16. The monoisotopic (exact) mass is 291 g/mol. The molecule has 2 rings (SSSR count). The Balaban J connectivity index is 2.08. The average Bonchev–Trinajstić information content (AvgIpc) is 2.82. The van der Waals surface area contributed by atoms with Crippen LogP contribution in [0.5, 0.6) is 0 Å². The molecule has 1 aromatic heterocycles. The van der Waals surface area contributed by atoms with Crippen LogP contribution < -0.4 is 0 Å². The van der Waals surface area contributed by atoms with Gasteiger partial charge in [0.05, 0.1) is 6.61 Å². The van der Waals surface area contributed by atoms with Crippen molar-refractivity contribution >= 4 is 11.8 Å². The Labute approximate surface area is 121 Å². The smallest absolute Gasteiger partial charge is 0.186 e. The quantitative estimate of drug-likeness (QED) is 0.691. The van der Waals surface area contributed by atoms with E-state index >= 15 is 0 Å². The molecule has 0 aliphatic heterocycles. The number of aryl methyl sites for hydroxylation is 1. The first kappa shape index (κ1) is 14.6. The highest BCUT2D eigenvalue weighted by Gasteiger charge is 2.04. The Morgan fingerprint density at radius 1 is 1.40 bits per heavy atom. The van der Waals surface area contributed by atoms with E-state index in [2.05, 4.69) is 21.9 Å². The average molecular weight is 291 g/mol. The zero-order valence-electron chi connectivity index (χ0n) is 11.0. The van der Waals surface area contributed by atoms with Crippen molar-refractivity contribution in [3.63, 3.8) is 0 Å². The summed E-state index contributed by atoms with van der Waals surface area (Å²) in [6.45, 7) is 0.0111. The van der Waals surface area contributed by atoms with E-state index in [9.17, 15) is 4.39 Å². The Hall–Kier alpha value is -1.84. The standard InChI is InChI=1S/C14H14FN3OS/c1-18-14(16-10-17-18)20-9-12-6-11(4-2-3-5-19)7-13(15)8-12/h6-8,10,19H,3,5,9H2,1H3. The lowest BCUT2D eigenvalue weighted by Crippen LogP contribution is -1.94. The molecule has 0 aliphatic carbocycles. The fourth-order valence-electron chi connectivity index (χ4n) is 1.59. The molecule has 1 aromatic carbocycles. The fraction of sp³-hybridized carbons (Fsp3) is 0.286. The second-order valence-corrected chi connectivity index (χ2v) is 5.02. The van der Waals surface area contributed by atoms with Crippen LogP contribution in [-0.4, -0.2) is 26.5 Å². The number of aliphatic hydroxyl groups excluding tert-OH is 1. The van der Waals surface area contributed by atoms with Gasteiger partial charge in [0.2, 0.25) is 0 Å². The molecule has 0 bridgehead atoms. The Morgan fingerprint density at radius 3 is 2.95 bits per heavy atom. The highest BCUT2D eigenvalue weighted by atomic mass is 32.2. The molecular weight excluding hydrogens is 277 g/mol. The predicted molar refractivity (Wildman–Crippen MR) is 75.5 cm³/mol. The minimum Gasteiger partial charge on any atom is -0.395 e. The van der Waals surface area contributed by atoms with Gasteiger partial charge >= 0.3 is 0 Å². The van der Waals surface area contributed by atoms with Gasteiger partial charge in [0, 0.05) is 24.8 Å². The van der Waals surface area contributed by atoms with Crippen LogP contribution in [0, 0.1) is 17.7 Å². The summed E-state index contributed by atoms with van der Waals surface area (Å²) in [5.41, 5.74) is 1.46. The molecule has 0 fully saturated rings. The number of thioether (sulfide) groups is 1. The number of nitrogens with zero attached hydrogens (tertiary/aromatic N) is 3. The number of rotatable bonds is 4. The number of hydrogen-bond acceptors (Lipinski definition) is 4. The van der Waals surface area contributed by atoms with E-state index in [1.807, 2.05) is 13.1 Å². The fourth-order valence-corrected chi connectivity index (χ4v) is 2.41. The summed E-state index contributed by atoms with van der Waals surface area (Å²) >= 11 is 1.49. The highest BCUT2D eigenvalue weighted by molar-refractivity contribution is 7.98. The zero-order valence-corrected chi connectivity index (χ0v) is 11.8. The van der Waals surface area contributed by atoms with Crippen molar-refractivity contribution in [2.24, 2.45) is 7.05 Å². The third-order valence-electron chi connectivity index (χ3n) is 2.46. The van der Waals surface area contributed by atoms with E-state index < -0.39 is 0 Å². The first-order valence-electron chi connectivity index (χ1n) is 6.05. The summed E-state index contributed by atoms with van der Waals surface area (Å²) in [6.07, 6.45) is 1.87. The molecule has 104 valence electrons. The van der Waals surface area contributed by atoms with Crippen molar-refractivity contribution in [2.75, 3.05) is 6.61 Å². The molecule has 1 N–H and O–H groups in total. The molecule has 0 saturated carbocycles. The van der Waals surface area contributed by atoms with Crippen molar-refractivity contribution in [2.45, 2.75) is 17.3 Å². The van der Waals surface area contributed by atoms with E-state index in [1.165, 1.54) is 30.2 Å². The summed E-state index contributed by atoms with van der Waals surface area (Å²) in [4.78, 5) is 4.10. The number of aromatic nitrogens is 3. The van der Waals surface area contributed by atoms with Crippen LogP contribution >= 0.6 is 11.8 Å². The normalized spacial score (nSPS) is 10.2. The van der Waals surface area contributed by atoms with Crippen LogP contribution in [0.15, 0.2) is 29.7 Å². The van der Waals surface area contributed by atoms with Crippen LogP contribution in [0.4, 0.5) is 4.39 Å². The van der Waals surface area contributed by atoms with Gasteiger partial charge in [-0.25, -0.2) is 14.1 Å². The van der Waals surface area contributed by atoms with Gasteiger partial charge < -0.3 is 5.11 Å². The van der Waals surface area contributed by atoms with E-state index in [4.69, 9.17) is 5.11 Å². The van der Waals surface area contributed by atoms with Crippen molar-refractivity contribution in [3.8, 4) is 11.8 Å². The number of hydrogen-bond donors (Lipinski definition) is 1. The second kappa shape index (κ2) is 7.08. The zero-order chi connectivity index (χ0) is 14.4. The van der Waals surface area contributed by atoms with E-state index in [1.54, 1.807) is 4.68 Å². The van der Waals surface area contributed by atoms with Gasteiger partial charge in [0.1, 0.15) is 12.1 Å². The number of aliphatic hydroxyl groups is 1. The first-order chi connectivity index (χ1) is 9.69. The molecule has 0 atom stereocenters. The largest absolute Gasteiger partial charge is 0.395 e. The first-order valence-corrected chi connectivity index (χ1v) is 7.03. The number of benzene rings is 1. The molecule has 2 aromatic rings. The van der Waals surface area contributed by atoms with Crippen LogP contribution in [0.2, 0.25) is 0 Å². The van der Waals surface area contributed by atoms with Gasteiger partial charge in [0.25, 0.3) is 0 Å². The topological polar surface area (TPSA) is 50.9 Å². The van der Waals surface area contributed by atoms with Gasteiger partial charge in [-0.15, -0.1) is 0 Å². The van der Waals surface area contributed by atoms with Gasteiger partial charge in [-0.3, -0.25) is 0 Å². The SMILES string of the molecule is Cn1ncnc1SCc1cc(F)cc(C#CCCO)c1. The lowest BCUT2D eigenvalue weighted by molar-refractivity contribution is 0.305. The lowest BCUT2D eigenvalue weighted by atomic mass is 10.1. The van der Waals surface area contributed by atoms with Gasteiger partial charge in [-0.2, -0.15) is 5.10 Å². The lowest BCUT2D eigenvalue weighted by Gasteiger charge is -2.02. The summed E-state index contributed by atoms with van der Waals surface area (Å²) in [5.74, 6) is 5.91. The summed E-state index contributed by atoms with van der Waals surface area (Å²) in [5, 5.41) is 13.4. The minimum absolute atomic E-state index is 0.0111. The van der Waals surface area contributed by atoms with Crippen LogP contribution in [-0.2, 0) is 12.8 Å². The summed E-state index contributed by atoms with van der Waals surface area (Å²) in [6, 6.07) is 4.72. The number of halogens is 1. The van der Waals surface area contributed by atoms with E-state index in [-0.39, 0.29) is 12.4 Å². The molecule has 20 heavy (non-hydrogen) atoms. The maximum Gasteiger partial charge on any atom is 0.186 e. The molecule has 0 saturated heterocycles. The molecule has 0 spiro atoms. The van der Waals surface area contributed by atoms with Gasteiger partial charge in [-0.05, 0) is 23.8 Å². The third kappa shape index (κ3) is 4.08. The third-order valence-corrected chi connectivity index (χ3v) is 3.57. The maximum atomic E-state index is 13.5. The van der Waals surface area contributed by atoms with Crippen LogP contribution in [0.1, 0.15) is 17.5 Å². The predicted octanol–water partition coefficient (Wildman–Crippen LogP) is 1.98.